The Labute approximate surface area is 141 Å². The third kappa shape index (κ3) is 4.29. The van der Waals surface area contributed by atoms with Gasteiger partial charge in [0.1, 0.15) is 0 Å². The molecule has 122 valence electrons. The summed E-state index contributed by atoms with van der Waals surface area (Å²) in [7, 11) is 0. The van der Waals surface area contributed by atoms with E-state index in [2.05, 4.69) is 32.7 Å². The molecule has 2 aromatic heterocycles. The largest absolute Gasteiger partial charge is 0.352 e. The molecule has 1 aliphatic carbocycles. The predicted octanol–water partition coefficient (Wildman–Crippen LogP) is 2.78. The summed E-state index contributed by atoms with van der Waals surface area (Å²) in [6.07, 6.45) is 16.9. The van der Waals surface area contributed by atoms with Gasteiger partial charge < -0.3 is 5.32 Å². The average molecular weight is 320 g/mol. The van der Waals surface area contributed by atoms with Gasteiger partial charge in [0.05, 0.1) is 6.20 Å². The number of amides is 1. The first-order chi connectivity index (χ1) is 11.8. The first kappa shape index (κ1) is 15.9. The fourth-order valence-electron chi connectivity index (χ4n) is 2.61. The number of aromatic amines is 1. The van der Waals surface area contributed by atoms with Gasteiger partial charge in [0.25, 0.3) is 0 Å². The van der Waals surface area contributed by atoms with Crippen LogP contribution in [-0.4, -0.2) is 27.6 Å². The van der Waals surface area contributed by atoms with Gasteiger partial charge in [-0.05, 0) is 24.6 Å². The molecule has 24 heavy (non-hydrogen) atoms. The summed E-state index contributed by atoms with van der Waals surface area (Å²) in [6, 6.07) is 5.77. The van der Waals surface area contributed by atoms with Gasteiger partial charge in [-0.2, -0.15) is 5.10 Å². The topological polar surface area (TPSA) is 70.7 Å². The van der Waals surface area contributed by atoms with Gasteiger partial charge in [-0.15, -0.1) is 0 Å². The van der Waals surface area contributed by atoms with Crippen LogP contribution in [0.15, 0.2) is 61.0 Å². The molecule has 1 unspecified atom stereocenters. The summed E-state index contributed by atoms with van der Waals surface area (Å²) in [6.45, 7) is 0.564. The van der Waals surface area contributed by atoms with Crippen molar-refractivity contribution in [1.82, 2.24) is 20.5 Å². The lowest BCUT2D eigenvalue weighted by Gasteiger charge is -2.11. The van der Waals surface area contributed by atoms with Crippen LogP contribution in [0.25, 0.3) is 6.08 Å². The minimum absolute atomic E-state index is 0.114. The predicted molar refractivity (Wildman–Crippen MR) is 94.2 cm³/mol. The van der Waals surface area contributed by atoms with Gasteiger partial charge in [0.15, 0.2) is 0 Å². The number of nitrogens with one attached hydrogen (secondary N) is 2. The number of carbonyl (C=O) groups is 1. The fraction of sp³-hybridized carbons (Fsp3) is 0.211. The number of nitrogens with zero attached hydrogens (tertiary/aromatic N) is 2. The van der Waals surface area contributed by atoms with E-state index in [1.807, 2.05) is 30.4 Å². The zero-order valence-electron chi connectivity index (χ0n) is 13.4. The minimum Gasteiger partial charge on any atom is -0.352 e. The Balaban J connectivity index is 1.52. The van der Waals surface area contributed by atoms with E-state index in [1.54, 1.807) is 24.5 Å². The summed E-state index contributed by atoms with van der Waals surface area (Å²) in [4.78, 5) is 16.2. The molecule has 0 saturated carbocycles. The Morgan fingerprint density at radius 1 is 1.38 bits per heavy atom. The third-order valence-corrected chi connectivity index (χ3v) is 3.87. The Kier molecular flexibility index (Phi) is 5.35. The maximum absolute atomic E-state index is 11.9. The molecular formula is C19H20N4O. The molecule has 5 nitrogen and oxygen atoms in total. The quantitative estimate of drug-likeness (QED) is 0.804. The second kappa shape index (κ2) is 8.06. The summed E-state index contributed by atoms with van der Waals surface area (Å²) < 4.78 is 0. The lowest BCUT2D eigenvalue weighted by molar-refractivity contribution is -0.116. The number of aromatic nitrogens is 3. The van der Waals surface area contributed by atoms with Crippen LogP contribution in [0.3, 0.4) is 0 Å². The Morgan fingerprint density at radius 2 is 2.33 bits per heavy atom. The number of H-pyrrole nitrogens is 1. The van der Waals surface area contributed by atoms with E-state index in [4.69, 9.17) is 0 Å². The molecule has 0 aromatic carbocycles. The summed E-state index contributed by atoms with van der Waals surface area (Å²) in [5.74, 6) is 0.168. The molecule has 2 heterocycles. The highest BCUT2D eigenvalue weighted by Gasteiger charge is 2.13. The number of hydrogen-bond donors (Lipinski definition) is 2. The summed E-state index contributed by atoms with van der Waals surface area (Å²) in [5, 5.41) is 10.0. The lowest BCUT2D eigenvalue weighted by Crippen LogP contribution is -2.23. The molecule has 0 saturated heterocycles. The highest BCUT2D eigenvalue weighted by Crippen LogP contribution is 2.26. The highest BCUT2D eigenvalue weighted by molar-refractivity contribution is 5.91. The smallest absolute Gasteiger partial charge is 0.244 e. The molecule has 0 bridgehead atoms. The molecule has 1 aliphatic rings. The van der Waals surface area contributed by atoms with Crippen molar-refractivity contribution in [2.75, 3.05) is 6.54 Å². The van der Waals surface area contributed by atoms with Gasteiger partial charge in [0, 0.05) is 48.1 Å². The van der Waals surface area contributed by atoms with Crippen molar-refractivity contribution in [1.29, 1.82) is 0 Å². The Hall–Kier alpha value is -2.95. The third-order valence-electron chi connectivity index (χ3n) is 3.87. The zero-order valence-corrected chi connectivity index (χ0v) is 13.4. The molecular weight excluding hydrogens is 300 g/mol. The second-order valence-electron chi connectivity index (χ2n) is 5.59. The van der Waals surface area contributed by atoms with Crippen molar-refractivity contribution in [3.63, 3.8) is 0 Å². The van der Waals surface area contributed by atoms with E-state index in [0.717, 1.165) is 29.8 Å². The van der Waals surface area contributed by atoms with Crippen LogP contribution in [0.1, 0.15) is 29.3 Å². The van der Waals surface area contributed by atoms with E-state index in [9.17, 15) is 4.79 Å². The van der Waals surface area contributed by atoms with Gasteiger partial charge in [-0.3, -0.25) is 14.9 Å². The van der Waals surface area contributed by atoms with E-state index < -0.39 is 0 Å². The number of allylic oxidation sites excluding steroid dienone is 4. The first-order valence-corrected chi connectivity index (χ1v) is 8.05. The second-order valence-corrected chi connectivity index (χ2v) is 5.59. The monoisotopic (exact) mass is 320 g/mol. The zero-order chi connectivity index (χ0) is 16.6. The SMILES string of the molecule is O=C(/C=C/c1cn[nH]c1C1C=CC=CC1)NCCc1ccccn1. The average Bonchev–Trinajstić information content (AvgIpc) is 3.10. The number of rotatable bonds is 6. The van der Waals surface area contributed by atoms with Gasteiger partial charge in [-0.25, -0.2) is 0 Å². The molecule has 0 fully saturated rings. The molecule has 5 heteroatoms. The van der Waals surface area contributed by atoms with Gasteiger partial charge in [-0.1, -0.05) is 30.4 Å². The van der Waals surface area contributed by atoms with Crippen LogP contribution in [0, 0.1) is 0 Å². The minimum atomic E-state index is -0.114. The standard InChI is InChI=1S/C19H20N4O/c24-18(21-13-11-17-8-4-5-12-20-17)10-9-16-14-22-23-19(16)15-6-2-1-3-7-15/h1-6,8-10,12,14-15H,7,11,13H2,(H,21,24)(H,22,23)/b10-9+. The van der Waals surface area contributed by atoms with Crippen molar-refractivity contribution in [3.8, 4) is 0 Å². The maximum Gasteiger partial charge on any atom is 0.244 e. The highest BCUT2D eigenvalue weighted by atomic mass is 16.1. The van der Waals surface area contributed by atoms with Crippen LogP contribution in [0.2, 0.25) is 0 Å². The van der Waals surface area contributed by atoms with E-state index in [1.165, 1.54) is 0 Å². The molecule has 3 rings (SSSR count). The molecule has 2 N–H and O–H groups in total. The van der Waals surface area contributed by atoms with Crippen LogP contribution < -0.4 is 5.32 Å². The van der Waals surface area contributed by atoms with Crippen LogP contribution >= 0.6 is 0 Å². The van der Waals surface area contributed by atoms with Gasteiger partial charge in [0.2, 0.25) is 5.91 Å². The van der Waals surface area contributed by atoms with Crippen LogP contribution in [0.4, 0.5) is 0 Å². The fourth-order valence-corrected chi connectivity index (χ4v) is 2.61. The molecule has 2 aromatic rings. The van der Waals surface area contributed by atoms with Crippen molar-refractivity contribution >= 4 is 12.0 Å². The Bertz CT molecular complexity index is 759. The lowest BCUT2D eigenvalue weighted by atomic mass is 9.95. The van der Waals surface area contributed by atoms with Crippen molar-refractivity contribution in [2.45, 2.75) is 18.8 Å². The molecule has 1 atom stereocenters. The van der Waals surface area contributed by atoms with Gasteiger partial charge >= 0.3 is 0 Å². The van der Waals surface area contributed by atoms with Crippen LogP contribution in [0.5, 0.6) is 0 Å². The first-order valence-electron chi connectivity index (χ1n) is 8.05. The molecule has 1 amide bonds. The molecule has 0 spiro atoms. The summed E-state index contributed by atoms with van der Waals surface area (Å²) in [5.41, 5.74) is 2.95. The number of hydrogen-bond acceptors (Lipinski definition) is 3. The van der Waals surface area contributed by atoms with E-state index >= 15 is 0 Å². The van der Waals surface area contributed by atoms with Crippen molar-refractivity contribution in [2.24, 2.45) is 0 Å². The normalized spacial score (nSPS) is 16.6. The van der Waals surface area contributed by atoms with E-state index in [0.29, 0.717) is 6.54 Å². The number of carbonyl (C=O) groups excluding carboxylic acids is 1. The van der Waals surface area contributed by atoms with E-state index in [-0.39, 0.29) is 11.8 Å². The maximum atomic E-state index is 11.9. The van der Waals surface area contributed by atoms with Crippen LogP contribution in [-0.2, 0) is 11.2 Å². The van der Waals surface area contributed by atoms with Crippen molar-refractivity contribution < 1.29 is 4.79 Å². The number of pyridine rings is 1. The summed E-state index contributed by atoms with van der Waals surface area (Å²) >= 11 is 0. The van der Waals surface area contributed by atoms with Crippen molar-refractivity contribution in [3.05, 3.63) is 77.9 Å². The molecule has 0 radical (unpaired) electrons. The molecule has 0 aliphatic heterocycles. The Morgan fingerprint density at radius 3 is 3.12 bits per heavy atom.